The smallest absolute Gasteiger partial charge is 0.147 e. The summed E-state index contributed by atoms with van der Waals surface area (Å²) >= 11 is 6.31. The van der Waals surface area contributed by atoms with Crippen molar-refractivity contribution in [1.29, 1.82) is 0 Å². The monoisotopic (exact) mass is 267 g/mol. The molecule has 0 atom stereocenters. The maximum Gasteiger partial charge on any atom is 0.147 e. The zero-order valence-electron chi connectivity index (χ0n) is 11.6. The summed E-state index contributed by atoms with van der Waals surface area (Å²) in [6, 6.07) is 2.65. The summed E-state index contributed by atoms with van der Waals surface area (Å²) < 4.78 is 0. The third-order valence-electron chi connectivity index (χ3n) is 3.13. The van der Waals surface area contributed by atoms with E-state index in [-0.39, 0.29) is 5.54 Å². The Bertz CT molecular complexity index is 422. The molecule has 0 bridgehead atoms. The predicted molar refractivity (Wildman–Crippen MR) is 77.3 cm³/mol. The van der Waals surface area contributed by atoms with Gasteiger partial charge in [-0.2, -0.15) is 0 Å². The van der Waals surface area contributed by atoms with Gasteiger partial charge in [-0.1, -0.05) is 11.6 Å². The molecule has 0 saturated heterocycles. The van der Waals surface area contributed by atoms with Crippen LogP contribution in [0.1, 0.15) is 39.2 Å². The van der Waals surface area contributed by atoms with Crippen molar-refractivity contribution < 1.29 is 0 Å². The van der Waals surface area contributed by atoms with Crippen LogP contribution in [0.15, 0.2) is 12.3 Å². The van der Waals surface area contributed by atoms with Gasteiger partial charge in [0, 0.05) is 31.4 Å². The van der Waals surface area contributed by atoms with Crippen molar-refractivity contribution in [3.8, 4) is 0 Å². The molecule has 3 nitrogen and oxygen atoms in total. The Labute approximate surface area is 115 Å². The summed E-state index contributed by atoms with van der Waals surface area (Å²) in [5.41, 5.74) is 1.23. The Morgan fingerprint density at radius 3 is 2.61 bits per heavy atom. The van der Waals surface area contributed by atoms with Gasteiger partial charge in [0.1, 0.15) is 5.82 Å². The second-order valence-corrected chi connectivity index (χ2v) is 6.50. The molecule has 0 aliphatic heterocycles. The number of hydrogen-bond donors (Lipinski definition) is 1. The fourth-order valence-corrected chi connectivity index (χ4v) is 2.15. The number of anilines is 1. The van der Waals surface area contributed by atoms with Gasteiger partial charge in [0.2, 0.25) is 0 Å². The first-order chi connectivity index (χ1) is 8.37. The molecule has 1 aliphatic rings. The SMILES string of the molecule is CN(c1ncc(CNC(C)(C)C)cc1Cl)C1CC1. The van der Waals surface area contributed by atoms with E-state index in [0.29, 0.717) is 6.04 Å². The Morgan fingerprint density at radius 1 is 1.44 bits per heavy atom. The lowest BCUT2D eigenvalue weighted by Crippen LogP contribution is -2.35. The van der Waals surface area contributed by atoms with Crippen molar-refractivity contribution in [1.82, 2.24) is 10.3 Å². The van der Waals surface area contributed by atoms with Gasteiger partial charge in [0.15, 0.2) is 0 Å². The Kier molecular flexibility index (Phi) is 3.83. The molecular weight excluding hydrogens is 246 g/mol. The molecule has 0 unspecified atom stereocenters. The first-order valence-corrected chi connectivity index (χ1v) is 6.87. The molecule has 1 aromatic rings. The van der Waals surface area contributed by atoms with Crippen molar-refractivity contribution >= 4 is 17.4 Å². The van der Waals surface area contributed by atoms with Crippen LogP contribution in [-0.2, 0) is 6.54 Å². The average Bonchev–Trinajstić information content (AvgIpc) is 3.08. The van der Waals surface area contributed by atoms with E-state index in [0.717, 1.165) is 22.9 Å². The van der Waals surface area contributed by atoms with Gasteiger partial charge in [-0.15, -0.1) is 0 Å². The second-order valence-electron chi connectivity index (χ2n) is 6.09. The quantitative estimate of drug-likeness (QED) is 0.908. The Morgan fingerprint density at radius 2 is 2.11 bits per heavy atom. The van der Waals surface area contributed by atoms with E-state index in [1.807, 2.05) is 12.3 Å². The highest BCUT2D eigenvalue weighted by molar-refractivity contribution is 6.33. The minimum absolute atomic E-state index is 0.107. The third kappa shape index (κ3) is 3.59. The van der Waals surface area contributed by atoms with Gasteiger partial charge in [-0.3, -0.25) is 0 Å². The van der Waals surface area contributed by atoms with E-state index >= 15 is 0 Å². The number of nitrogens with zero attached hydrogens (tertiary/aromatic N) is 2. The maximum absolute atomic E-state index is 6.31. The van der Waals surface area contributed by atoms with Crippen LogP contribution in [0.25, 0.3) is 0 Å². The van der Waals surface area contributed by atoms with Gasteiger partial charge in [0.05, 0.1) is 5.02 Å². The topological polar surface area (TPSA) is 28.2 Å². The van der Waals surface area contributed by atoms with Crippen LogP contribution in [0.3, 0.4) is 0 Å². The fourth-order valence-electron chi connectivity index (χ4n) is 1.83. The van der Waals surface area contributed by atoms with E-state index in [9.17, 15) is 0 Å². The van der Waals surface area contributed by atoms with E-state index in [2.05, 4.69) is 43.0 Å². The van der Waals surface area contributed by atoms with Crippen molar-refractivity contribution in [3.05, 3.63) is 22.8 Å². The molecule has 18 heavy (non-hydrogen) atoms. The molecule has 4 heteroatoms. The molecule has 1 saturated carbocycles. The molecule has 1 N–H and O–H groups in total. The molecule has 1 fully saturated rings. The average molecular weight is 268 g/mol. The van der Waals surface area contributed by atoms with E-state index in [1.54, 1.807) is 0 Å². The molecule has 1 aliphatic carbocycles. The highest BCUT2D eigenvalue weighted by Gasteiger charge is 2.28. The first kappa shape index (κ1) is 13.6. The van der Waals surface area contributed by atoms with Crippen molar-refractivity contribution in [3.63, 3.8) is 0 Å². The highest BCUT2D eigenvalue weighted by Crippen LogP contribution is 2.33. The van der Waals surface area contributed by atoms with Gasteiger partial charge >= 0.3 is 0 Å². The van der Waals surface area contributed by atoms with Crippen LogP contribution >= 0.6 is 11.6 Å². The number of rotatable bonds is 4. The van der Waals surface area contributed by atoms with Crippen molar-refractivity contribution in [2.75, 3.05) is 11.9 Å². The van der Waals surface area contributed by atoms with Crippen LogP contribution in [0.4, 0.5) is 5.82 Å². The summed E-state index contributed by atoms with van der Waals surface area (Å²) in [6.45, 7) is 7.25. The van der Waals surface area contributed by atoms with E-state index in [4.69, 9.17) is 11.6 Å². The number of aromatic nitrogens is 1. The summed E-state index contributed by atoms with van der Waals surface area (Å²) in [4.78, 5) is 6.68. The van der Waals surface area contributed by atoms with Crippen LogP contribution in [0, 0.1) is 0 Å². The van der Waals surface area contributed by atoms with Crippen LogP contribution in [-0.4, -0.2) is 23.6 Å². The molecule has 2 rings (SSSR count). The zero-order valence-corrected chi connectivity index (χ0v) is 12.4. The Balaban J connectivity index is 2.04. The molecule has 0 amide bonds. The Hall–Kier alpha value is -0.800. The lowest BCUT2D eigenvalue weighted by Gasteiger charge is -2.22. The normalized spacial score (nSPS) is 15.8. The van der Waals surface area contributed by atoms with Gasteiger partial charge in [-0.25, -0.2) is 4.98 Å². The third-order valence-corrected chi connectivity index (χ3v) is 3.41. The van der Waals surface area contributed by atoms with Crippen LogP contribution < -0.4 is 10.2 Å². The molecular formula is C14H22ClN3. The maximum atomic E-state index is 6.31. The standard InChI is InChI=1S/C14H22ClN3/c1-14(2,3)17-9-10-7-12(15)13(16-8-10)18(4)11-5-6-11/h7-8,11,17H,5-6,9H2,1-4H3. The summed E-state index contributed by atoms with van der Waals surface area (Å²) in [6.07, 6.45) is 4.42. The lowest BCUT2D eigenvalue weighted by molar-refractivity contribution is 0.424. The highest BCUT2D eigenvalue weighted by atomic mass is 35.5. The number of hydrogen-bond acceptors (Lipinski definition) is 3. The molecule has 0 radical (unpaired) electrons. The molecule has 0 aromatic carbocycles. The number of pyridine rings is 1. The molecule has 0 spiro atoms. The number of halogens is 1. The van der Waals surface area contributed by atoms with Gasteiger partial charge in [0.25, 0.3) is 0 Å². The second kappa shape index (κ2) is 5.06. The minimum atomic E-state index is 0.107. The first-order valence-electron chi connectivity index (χ1n) is 6.49. The molecule has 1 aromatic heterocycles. The summed E-state index contributed by atoms with van der Waals surface area (Å²) in [7, 11) is 2.07. The molecule has 100 valence electrons. The minimum Gasteiger partial charge on any atom is -0.355 e. The van der Waals surface area contributed by atoms with Crippen LogP contribution in [0.5, 0.6) is 0 Å². The number of nitrogens with one attached hydrogen (secondary N) is 1. The van der Waals surface area contributed by atoms with Gasteiger partial charge < -0.3 is 10.2 Å². The lowest BCUT2D eigenvalue weighted by atomic mass is 10.1. The summed E-state index contributed by atoms with van der Waals surface area (Å²) in [5.74, 6) is 0.902. The molecule has 1 heterocycles. The van der Waals surface area contributed by atoms with Crippen LogP contribution in [0.2, 0.25) is 5.02 Å². The van der Waals surface area contributed by atoms with Gasteiger partial charge in [-0.05, 0) is 45.2 Å². The van der Waals surface area contributed by atoms with E-state index < -0.39 is 0 Å². The zero-order chi connectivity index (χ0) is 13.3. The fraction of sp³-hybridized carbons (Fsp3) is 0.643. The van der Waals surface area contributed by atoms with E-state index in [1.165, 1.54) is 12.8 Å². The largest absolute Gasteiger partial charge is 0.355 e. The van der Waals surface area contributed by atoms with Crippen molar-refractivity contribution in [2.24, 2.45) is 0 Å². The summed E-state index contributed by atoms with van der Waals surface area (Å²) in [5, 5.41) is 4.18. The van der Waals surface area contributed by atoms with Crippen molar-refractivity contribution in [2.45, 2.75) is 51.7 Å². The predicted octanol–water partition coefficient (Wildman–Crippen LogP) is 3.22.